The molecule has 1 aliphatic rings. The molecule has 2 heterocycles. The smallest absolute Gasteiger partial charge is 0.399 e. The predicted molar refractivity (Wildman–Crippen MR) is 157 cm³/mol. The highest BCUT2D eigenvalue weighted by Crippen LogP contribution is 2.37. The number of piperazine rings is 1. The summed E-state index contributed by atoms with van der Waals surface area (Å²) in [5.41, 5.74) is 4.73. The predicted octanol–water partition coefficient (Wildman–Crippen LogP) is 6.82. The van der Waals surface area contributed by atoms with Gasteiger partial charge in [0.05, 0.1) is 17.2 Å². The van der Waals surface area contributed by atoms with Crippen molar-refractivity contribution >= 4 is 46.9 Å². The molecule has 4 aromatic rings. The topological polar surface area (TPSA) is 82.4 Å². The van der Waals surface area contributed by atoms with Crippen LogP contribution in [-0.4, -0.2) is 52.3 Å². The number of aromatic amines is 1. The van der Waals surface area contributed by atoms with Crippen LogP contribution in [0.2, 0.25) is 0 Å². The van der Waals surface area contributed by atoms with Gasteiger partial charge < -0.3 is 20.5 Å². The maximum Gasteiger partial charge on any atom is 0.416 e. The number of para-hydroxylation sites is 1. The number of fused-ring (bicyclic) bond motifs is 1. The molecule has 1 atom stereocenters. The molecular weight excluding hydrogens is 610 g/mol. The summed E-state index contributed by atoms with van der Waals surface area (Å²) in [5.74, 6) is -1.34. The number of amides is 2. The summed E-state index contributed by atoms with van der Waals surface area (Å²) in [6.07, 6.45) is -5.28. The van der Waals surface area contributed by atoms with Gasteiger partial charge >= 0.3 is 12.4 Å². The first-order valence-electron chi connectivity index (χ1n) is 13.3. The second-order valence-electron chi connectivity index (χ2n) is 10.3. The standard InChI is InChI=1S/C31H26F6N4O2.ClH/c32-30(33,34)22-13-20(14-23(16-22)31(35,36)37)29(43)41-12-11-40(28(42)10-7-19-5-8-24(38)9-6-19)18-25(41)15-21-17-39-27-4-2-1-3-26(21)27;/h1-10,13-14,16-17,25,39H,11-12,15,18,38H2;1H/t25-;/m1./s1. The molecule has 0 radical (unpaired) electrons. The van der Waals surface area contributed by atoms with Crippen molar-refractivity contribution < 1.29 is 35.9 Å². The van der Waals surface area contributed by atoms with Gasteiger partial charge in [0.25, 0.3) is 5.91 Å². The van der Waals surface area contributed by atoms with Crippen molar-refractivity contribution in [1.82, 2.24) is 14.8 Å². The van der Waals surface area contributed by atoms with Crippen molar-refractivity contribution in [3.05, 3.63) is 107 Å². The molecule has 6 nitrogen and oxygen atoms in total. The van der Waals surface area contributed by atoms with Gasteiger partial charge in [-0.05, 0) is 60.0 Å². The van der Waals surface area contributed by atoms with Crippen LogP contribution < -0.4 is 5.73 Å². The van der Waals surface area contributed by atoms with Crippen LogP contribution >= 0.6 is 12.4 Å². The normalized spacial score (nSPS) is 15.9. The highest BCUT2D eigenvalue weighted by atomic mass is 35.5. The van der Waals surface area contributed by atoms with E-state index >= 15 is 0 Å². The number of nitrogens with zero attached hydrogens (tertiary/aromatic N) is 2. The minimum Gasteiger partial charge on any atom is -0.399 e. The Morgan fingerprint density at radius 1 is 0.909 bits per heavy atom. The number of hydrogen-bond donors (Lipinski definition) is 2. The molecule has 44 heavy (non-hydrogen) atoms. The Balaban J connectivity index is 0.00000442. The van der Waals surface area contributed by atoms with Gasteiger partial charge in [-0.2, -0.15) is 26.3 Å². The van der Waals surface area contributed by atoms with E-state index in [0.717, 1.165) is 22.0 Å². The molecule has 1 fully saturated rings. The van der Waals surface area contributed by atoms with Crippen molar-refractivity contribution in [2.75, 3.05) is 25.4 Å². The Bertz CT molecular complexity index is 1650. The molecule has 0 spiro atoms. The highest BCUT2D eigenvalue weighted by Gasteiger charge is 2.39. The first-order valence-corrected chi connectivity index (χ1v) is 13.3. The number of carbonyl (C=O) groups is 2. The number of benzene rings is 3. The SMILES string of the molecule is Cl.Nc1ccc(C=CC(=O)N2CCN(C(=O)c3cc(C(F)(F)F)cc(C(F)(F)F)c3)[C@H](Cc3c[nH]c4ccccc34)C2)cc1. The number of nitrogens with two attached hydrogens (primary N) is 1. The van der Waals surface area contributed by atoms with Gasteiger partial charge in [-0.25, -0.2) is 0 Å². The molecule has 2 amide bonds. The lowest BCUT2D eigenvalue weighted by Crippen LogP contribution is -2.57. The highest BCUT2D eigenvalue weighted by molar-refractivity contribution is 5.96. The zero-order valence-electron chi connectivity index (χ0n) is 23.0. The van der Waals surface area contributed by atoms with Gasteiger partial charge in [-0.15, -0.1) is 12.4 Å². The largest absolute Gasteiger partial charge is 0.416 e. The van der Waals surface area contributed by atoms with Crippen molar-refractivity contribution in [3.63, 3.8) is 0 Å². The number of H-pyrrole nitrogens is 1. The number of halogens is 7. The molecule has 0 aliphatic carbocycles. The summed E-state index contributed by atoms with van der Waals surface area (Å²) in [4.78, 5) is 32.6. The molecule has 0 unspecified atom stereocenters. The summed E-state index contributed by atoms with van der Waals surface area (Å²) in [6, 6.07) is 14.3. The number of hydrogen-bond acceptors (Lipinski definition) is 3. The van der Waals surface area contributed by atoms with Gasteiger partial charge in [-0.1, -0.05) is 30.3 Å². The van der Waals surface area contributed by atoms with Crippen LogP contribution in [0.25, 0.3) is 17.0 Å². The average molecular weight is 637 g/mol. The summed E-state index contributed by atoms with van der Waals surface area (Å²) >= 11 is 0. The molecule has 3 N–H and O–H groups in total. The zero-order chi connectivity index (χ0) is 30.9. The Morgan fingerprint density at radius 3 is 2.18 bits per heavy atom. The van der Waals surface area contributed by atoms with Crippen LogP contribution in [-0.2, 0) is 23.6 Å². The minimum atomic E-state index is -5.10. The minimum absolute atomic E-state index is 0. The van der Waals surface area contributed by atoms with Crippen LogP contribution in [0.5, 0.6) is 0 Å². The maximum absolute atomic E-state index is 13.6. The van der Waals surface area contributed by atoms with E-state index in [1.54, 1.807) is 36.5 Å². The van der Waals surface area contributed by atoms with Gasteiger partial charge in [0.1, 0.15) is 0 Å². The lowest BCUT2D eigenvalue weighted by Gasteiger charge is -2.41. The van der Waals surface area contributed by atoms with E-state index in [0.29, 0.717) is 17.8 Å². The second kappa shape index (κ2) is 12.7. The molecule has 1 aromatic heterocycles. The molecule has 5 rings (SSSR count). The third kappa shape index (κ3) is 7.19. The summed E-state index contributed by atoms with van der Waals surface area (Å²) in [7, 11) is 0. The van der Waals surface area contributed by atoms with E-state index in [2.05, 4.69) is 4.98 Å². The Hall–Kier alpha value is -4.45. The third-order valence-electron chi connectivity index (χ3n) is 7.38. The number of alkyl halides is 6. The molecule has 13 heteroatoms. The van der Waals surface area contributed by atoms with Crippen LogP contribution in [0.15, 0.2) is 79.0 Å². The van der Waals surface area contributed by atoms with E-state index in [1.807, 2.05) is 24.3 Å². The van der Waals surface area contributed by atoms with E-state index in [-0.39, 0.29) is 50.4 Å². The van der Waals surface area contributed by atoms with Crippen molar-refractivity contribution in [2.24, 2.45) is 0 Å². The van der Waals surface area contributed by atoms with Crippen LogP contribution in [0.1, 0.15) is 32.6 Å². The molecule has 0 saturated carbocycles. The number of anilines is 1. The van der Waals surface area contributed by atoms with E-state index in [4.69, 9.17) is 5.73 Å². The number of carbonyl (C=O) groups excluding carboxylic acids is 2. The molecule has 3 aromatic carbocycles. The van der Waals surface area contributed by atoms with Crippen LogP contribution in [0, 0.1) is 0 Å². The van der Waals surface area contributed by atoms with Crippen LogP contribution in [0.4, 0.5) is 32.0 Å². The molecule has 1 aliphatic heterocycles. The average Bonchev–Trinajstić information content (AvgIpc) is 3.38. The molecule has 0 bridgehead atoms. The lowest BCUT2D eigenvalue weighted by atomic mass is 9.98. The fourth-order valence-electron chi connectivity index (χ4n) is 5.18. The Labute approximate surface area is 254 Å². The maximum atomic E-state index is 13.6. The molecular formula is C31H27ClF6N4O2. The fourth-order valence-corrected chi connectivity index (χ4v) is 5.18. The number of aromatic nitrogens is 1. The van der Waals surface area contributed by atoms with Gasteiger partial charge in [0, 0.05) is 54.1 Å². The van der Waals surface area contributed by atoms with Crippen molar-refractivity contribution in [3.8, 4) is 0 Å². The summed E-state index contributed by atoms with van der Waals surface area (Å²) in [5, 5.41) is 0.847. The third-order valence-corrected chi connectivity index (χ3v) is 7.38. The summed E-state index contributed by atoms with van der Waals surface area (Å²) < 4.78 is 81.1. The van der Waals surface area contributed by atoms with Gasteiger partial charge in [-0.3, -0.25) is 9.59 Å². The monoisotopic (exact) mass is 636 g/mol. The first kappa shape index (κ1) is 32.5. The number of rotatable bonds is 5. The fraction of sp³-hybridized carbons (Fsp3) is 0.226. The first-order chi connectivity index (χ1) is 20.3. The molecule has 232 valence electrons. The van der Waals surface area contributed by atoms with E-state index in [1.165, 1.54) is 15.9 Å². The van der Waals surface area contributed by atoms with Gasteiger partial charge in [0.2, 0.25) is 5.91 Å². The van der Waals surface area contributed by atoms with E-state index < -0.39 is 41.0 Å². The van der Waals surface area contributed by atoms with Crippen molar-refractivity contribution in [2.45, 2.75) is 24.8 Å². The number of nitrogens with one attached hydrogen (secondary N) is 1. The Morgan fingerprint density at radius 2 is 1.55 bits per heavy atom. The van der Waals surface area contributed by atoms with Gasteiger partial charge in [0.15, 0.2) is 0 Å². The quantitative estimate of drug-likeness (QED) is 0.143. The van der Waals surface area contributed by atoms with E-state index in [9.17, 15) is 35.9 Å². The Kier molecular flexibility index (Phi) is 9.33. The zero-order valence-corrected chi connectivity index (χ0v) is 23.8. The number of nitrogen functional groups attached to an aromatic ring is 1. The van der Waals surface area contributed by atoms with Crippen molar-refractivity contribution in [1.29, 1.82) is 0 Å². The summed E-state index contributed by atoms with van der Waals surface area (Å²) in [6.45, 7) is -0.0434. The molecule has 1 saturated heterocycles. The van der Waals surface area contributed by atoms with Crippen LogP contribution in [0.3, 0.4) is 0 Å². The second-order valence-corrected chi connectivity index (χ2v) is 10.3. The lowest BCUT2D eigenvalue weighted by molar-refractivity contribution is -0.143.